The molecule has 2 aromatic rings. The van der Waals surface area contributed by atoms with Gasteiger partial charge in [-0.25, -0.2) is 0 Å². The lowest BCUT2D eigenvalue weighted by Crippen LogP contribution is -2.56. The number of carbonyl (C=O) groups is 1. The van der Waals surface area contributed by atoms with Gasteiger partial charge in [-0.1, -0.05) is 46.9 Å². The number of alkyl halides is 3. The minimum atomic E-state index is -1.81. The van der Waals surface area contributed by atoms with Crippen LogP contribution in [0, 0.1) is 7.14 Å². The highest BCUT2D eigenvalue weighted by molar-refractivity contribution is 14.1. The Hall–Kier alpha value is -0.0700. The maximum atomic E-state index is 12.4. The number of para-hydroxylation sites is 1. The summed E-state index contributed by atoms with van der Waals surface area (Å²) in [6.45, 7) is 0. The van der Waals surface area contributed by atoms with Gasteiger partial charge in [0.15, 0.2) is 5.11 Å². The molecule has 4 nitrogen and oxygen atoms in total. The number of benzene rings is 2. The van der Waals surface area contributed by atoms with E-state index in [1.54, 1.807) is 12.1 Å². The fraction of sp³-hybridized carbons (Fsp3) is 0.125. The summed E-state index contributed by atoms with van der Waals surface area (Å²) < 4.78 is 0.176. The van der Waals surface area contributed by atoms with Crippen molar-refractivity contribution in [1.29, 1.82) is 0 Å². The first kappa shape index (κ1) is 22.2. The molecule has 0 heterocycles. The Morgan fingerprint density at radius 2 is 1.62 bits per heavy atom. The summed E-state index contributed by atoms with van der Waals surface area (Å²) in [6.07, 6.45) is -1.03. The maximum absolute atomic E-state index is 12.4. The molecule has 0 aromatic heterocycles. The molecule has 138 valence electrons. The Labute approximate surface area is 199 Å². The van der Waals surface area contributed by atoms with Crippen LogP contribution in [0.4, 0.5) is 5.69 Å². The second-order valence-electron chi connectivity index (χ2n) is 5.03. The van der Waals surface area contributed by atoms with Crippen LogP contribution in [0.25, 0.3) is 0 Å². The summed E-state index contributed by atoms with van der Waals surface area (Å²) in [5, 5.41) is 8.71. The van der Waals surface area contributed by atoms with E-state index in [0.717, 1.165) is 12.8 Å². The quantitative estimate of drug-likeness (QED) is 0.181. The van der Waals surface area contributed by atoms with E-state index in [4.69, 9.17) is 47.0 Å². The molecule has 0 aliphatic rings. The molecule has 0 aliphatic carbocycles. The minimum absolute atomic E-state index is 0.216. The molecule has 0 saturated heterocycles. The number of thiocarbonyl (C=S) groups is 1. The Morgan fingerprint density at radius 3 is 2.19 bits per heavy atom. The highest BCUT2D eigenvalue weighted by Crippen LogP contribution is 2.29. The van der Waals surface area contributed by atoms with Crippen LogP contribution in [0.5, 0.6) is 0 Å². The third-order valence-electron chi connectivity index (χ3n) is 3.11. The smallest absolute Gasteiger partial charge is 0.252 e. The van der Waals surface area contributed by atoms with E-state index in [9.17, 15) is 4.79 Å². The normalized spacial score (nSPS) is 12.2. The van der Waals surface area contributed by atoms with Crippen molar-refractivity contribution in [2.45, 2.75) is 9.96 Å². The van der Waals surface area contributed by atoms with E-state index < -0.39 is 9.96 Å². The summed E-state index contributed by atoms with van der Waals surface area (Å²) >= 11 is 27.6. The van der Waals surface area contributed by atoms with E-state index in [2.05, 4.69) is 61.1 Å². The lowest BCUT2D eigenvalue weighted by molar-refractivity contribution is 0.0934. The zero-order chi connectivity index (χ0) is 19.3. The van der Waals surface area contributed by atoms with E-state index >= 15 is 0 Å². The number of hydrogen-bond acceptors (Lipinski definition) is 2. The maximum Gasteiger partial charge on any atom is 0.252 e. The lowest BCUT2D eigenvalue weighted by Gasteiger charge is -2.28. The van der Waals surface area contributed by atoms with Crippen molar-refractivity contribution < 1.29 is 4.79 Å². The molecule has 3 N–H and O–H groups in total. The van der Waals surface area contributed by atoms with Crippen molar-refractivity contribution in [3.05, 3.63) is 61.2 Å². The summed E-state index contributed by atoms with van der Waals surface area (Å²) in [6, 6.07) is 14.6. The summed E-state index contributed by atoms with van der Waals surface area (Å²) in [4.78, 5) is 12.4. The van der Waals surface area contributed by atoms with Gasteiger partial charge < -0.3 is 16.0 Å². The van der Waals surface area contributed by atoms with Crippen molar-refractivity contribution in [3.8, 4) is 0 Å². The first-order chi connectivity index (χ1) is 12.2. The van der Waals surface area contributed by atoms with Gasteiger partial charge in [0.25, 0.3) is 5.91 Å². The predicted molar refractivity (Wildman–Crippen MR) is 129 cm³/mol. The SMILES string of the molecule is O=C(N[C@H](NC(=S)Nc1ccccc1I)C(Cl)(Cl)Cl)c1ccc(I)cc1. The fourth-order valence-electron chi connectivity index (χ4n) is 1.87. The van der Waals surface area contributed by atoms with Crippen molar-refractivity contribution in [3.63, 3.8) is 0 Å². The highest BCUT2D eigenvalue weighted by atomic mass is 127. The Balaban J connectivity index is 2.07. The van der Waals surface area contributed by atoms with Gasteiger partial charge in [0.2, 0.25) is 3.79 Å². The van der Waals surface area contributed by atoms with Crippen molar-refractivity contribution in [2.75, 3.05) is 5.32 Å². The van der Waals surface area contributed by atoms with Gasteiger partial charge >= 0.3 is 0 Å². The second-order valence-corrected chi connectivity index (χ2v) is 10.2. The molecule has 0 fully saturated rings. The van der Waals surface area contributed by atoms with E-state index in [-0.39, 0.29) is 11.0 Å². The van der Waals surface area contributed by atoms with E-state index in [1.807, 2.05) is 36.4 Å². The molecule has 0 saturated carbocycles. The Morgan fingerprint density at radius 1 is 1.00 bits per heavy atom. The molecule has 0 radical (unpaired) electrons. The average Bonchev–Trinajstić information content (AvgIpc) is 2.56. The summed E-state index contributed by atoms with van der Waals surface area (Å²) in [7, 11) is 0. The number of carbonyl (C=O) groups excluding carboxylic acids is 1. The number of rotatable bonds is 4. The Bertz CT molecular complexity index is 800. The molecule has 1 amide bonds. The number of nitrogens with one attached hydrogen (secondary N) is 3. The molecule has 1 atom stereocenters. The monoisotopic (exact) mass is 653 g/mol. The van der Waals surface area contributed by atoms with Crippen LogP contribution in [-0.2, 0) is 0 Å². The third kappa shape index (κ3) is 6.83. The molecule has 10 heteroatoms. The van der Waals surface area contributed by atoms with Gasteiger partial charge in [-0.3, -0.25) is 4.79 Å². The van der Waals surface area contributed by atoms with Gasteiger partial charge in [0.05, 0.1) is 5.69 Å². The fourth-order valence-corrected chi connectivity index (χ4v) is 3.30. The van der Waals surface area contributed by atoms with Gasteiger partial charge in [0.1, 0.15) is 6.17 Å². The zero-order valence-electron chi connectivity index (χ0n) is 12.9. The van der Waals surface area contributed by atoms with Crippen molar-refractivity contribution in [1.82, 2.24) is 10.6 Å². The van der Waals surface area contributed by atoms with Crippen LogP contribution in [0.1, 0.15) is 10.4 Å². The molecule has 0 unspecified atom stereocenters. The molecule has 0 spiro atoms. The molecule has 0 bridgehead atoms. The average molecular weight is 655 g/mol. The van der Waals surface area contributed by atoms with Crippen LogP contribution in [0.2, 0.25) is 0 Å². The van der Waals surface area contributed by atoms with Crippen LogP contribution in [0.3, 0.4) is 0 Å². The first-order valence-electron chi connectivity index (χ1n) is 7.12. The summed E-state index contributed by atoms with van der Waals surface area (Å²) in [5.74, 6) is -0.387. The molecular weight excluding hydrogens is 642 g/mol. The van der Waals surface area contributed by atoms with Crippen LogP contribution >= 0.6 is 92.2 Å². The number of hydrogen-bond donors (Lipinski definition) is 3. The van der Waals surface area contributed by atoms with E-state index in [1.165, 1.54) is 0 Å². The van der Waals surface area contributed by atoms with Crippen molar-refractivity contribution >= 4 is 109 Å². The second kappa shape index (κ2) is 9.92. The predicted octanol–water partition coefficient (Wildman–Crippen LogP) is 5.31. The third-order valence-corrected chi connectivity index (χ3v) is 5.64. The van der Waals surface area contributed by atoms with Gasteiger partial charge in [-0.05, 0) is 93.8 Å². The van der Waals surface area contributed by atoms with Crippen LogP contribution in [-0.4, -0.2) is 21.0 Å². The molecule has 2 aromatic carbocycles. The number of halogens is 5. The van der Waals surface area contributed by atoms with Gasteiger partial charge in [-0.15, -0.1) is 0 Å². The minimum Gasteiger partial charge on any atom is -0.339 e. The number of anilines is 1. The standard InChI is InChI=1S/C16H12Cl3I2N3OS/c17-16(18,19)14(23-13(25)9-5-7-10(20)8-6-9)24-15(26)22-12-4-2-1-3-11(12)21/h1-8,14H,(H,23,25)(H2,22,24,26)/t14-/m1/s1. The molecule has 26 heavy (non-hydrogen) atoms. The van der Waals surface area contributed by atoms with E-state index in [0.29, 0.717) is 5.56 Å². The molecule has 0 aliphatic heterocycles. The first-order valence-corrected chi connectivity index (χ1v) is 10.8. The molecular formula is C16H12Cl3I2N3OS. The lowest BCUT2D eigenvalue weighted by atomic mass is 10.2. The van der Waals surface area contributed by atoms with Crippen LogP contribution < -0.4 is 16.0 Å². The van der Waals surface area contributed by atoms with Gasteiger partial charge in [-0.2, -0.15) is 0 Å². The summed E-state index contributed by atoms with van der Waals surface area (Å²) in [5.41, 5.74) is 1.25. The number of amides is 1. The largest absolute Gasteiger partial charge is 0.339 e. The van der Waals surface area contributed by atoms with Gasteiger partial charge in [0, 0.05) is 12.7 Å². The molecule has 2 rings (SSSR count). The highest BCUT2D eigenvalue weighted by Gasteiger charge is 2.34. The Kier molecular flexibility index (Phi) is 8.48. The van der Waals surface area contributed by atoms with Crippen molar-refractivity contribution in [2.24, 2.45) is 0 Å². The topological polar surface area (TPSA) is 53.2 Å². The van der Waals surface area contributed by atoms with Crippen LogP contribution in [0.15, 0.2) is 48.5 Å². The zero-order valence-corrected chi connectivity index (χ0v) is 20.3.